The molecule has 1 fully saturated rings. The summed E-state index contributed by atoms with van der Waals surface area (Å²) in [4.78, 5) is 29.5. The molecule has 0 aliphatic carbocycles. The molecule has 2 heterocycles. The third-order valence-corrected chi connectivity index (χ3v) is 8.22. The molecule has 1 aliphatic rings. The number of nitrogens with zero attached hydrogens (tertiary/aromatic N) is 2. The summed E-state index contributed by atoms with van der Waals surface area (Å²) in [5.74, 6) is 0.847. The zero-order valence-electron chi connectivity index (χ0n) is 23.0. The van der Waals surface area contributed by atoms with Crippen molar-refractivity contribution in [3.63, 3.8) is 0 Å². The molecule has 0 amide bonds. The van der Waals surface area contributed by atoms with Crippen LogP contribution in [0.5, 0.6) is 0 Å². The number of carbonyl (C=O) groups excluding carboxylic acids is 2. The molecular weight excluding hydrogens is 472 g/mol. The van der Waals surface area contributed by atoms with Gasteiger partial charge in [0.1, 0.15) is 0 Å². The highest BCUT2D eigenvalue weighted by atomic mass is 16.5. The molecule has 5 heteroatoms. The van der Waals surface area contributed by atoms with Crippen molar-refractivity contribution in [2.75, 3.05) is 26.3 Å². The number of aromatic nitrogens is 1. The van der Waals surface area contributed by atoms with Gasteiger partial charge in [0, 0.05) is 51.6 Å². The van der Waals surface area contributed by atoms with Gasteiger partial charge in [0.15, 0.2) is 11.6 Å². The molecule has 5 rings (SSSR count). The van der Waals surface area contributed by atoms with Crippen LogP contribution in [-0.2, 0) is 11.3 Å². The SMILES string of the molecule is CCOCCn1c2ccc(C(=O)c3ccccc3)cc2c2cc(C(=O)C(C)(C)N3CCC(C)CC3)ccc21. The maximum absolute atomic E-state index is 13.9. The lowest BCUT2D eigenvalue weighted by Crippen LogP contribution is -2.52. The standard InChI is InChI=1S/C33H38N2O3/c1-5-38-20-19-35-29-13-11-25(31(36)24-9-7-6-8-10-24)21-27(29)28-22-26(12-14-30(28)35)32(37)33(3,4)34-17-15-23(2)16-18-34/h6-14,21-23H,5,15-20H2,1-4H3. The summed E-state index contributed by atoms with van der Waals surface area (Å²) in [5.41, 5.74) is 3.54. The van der Waals surface area contributed by atoms with Gasteiger partial charge in [-0.25, -0.2) is 0 Å². The number of likely N-dealkylation sites (tertiary alicyclic amines) is 1. The Kier molecular flexibility index (Phi) is 7.51. The van der Waals surface area contributed by atoms with E-state index in [0.29, 0.717) is 42.4 Å². The second-order valence-corrected chi connectivity index (χ2v) is 11.1. The van der Waals surface area contributed by atoms with Gasteiger partial charge >= 0.3 is 0 Å². The van der Waals surface area contributed by atoms with E-state index in [1.807, 2.05) is 67.6 Å². The first-order chi connectivity index (χ1) is 18.3. The Morgan fingerprint density at radius 2 is 1.47 bits per heavy atom. The van der Waals surface area contributed by atoms with E-state index in [1.54, 1.807) is 0 Å². The number of piperidine rings is 1. The van der Waals surface area contributed by atoms with Crippen molar-refractivity contribution in [1.29, 1.82) is 0 Å². The molecule has 4 aromatic rings. The van der Waals surface area contributed by atoms with E-state index in [2.05, 4.69) is 36.3 Å². The van der Waals surface area contributed by atoms with Gasteiger partial charge in [-0.05, 0) is 89.0 Å². The maximum Gasteiger partial charge on any atom is 0.193 e. The first kappa shape index (κ1) is 26.3. The van der Waals surface area contributed by atoms with Crippen LogP contribution in [0, 0.1) is 5.92 Å². The Morgan fingerprint density at radius 3 is 2.11 bits per heavy atom. The van der Waals surface area contributed by atoms with Crippen LogP contribution < -0.4 is 0 Å². The molecule has 1 aliphatic heterocycles. The number of ether oxygens (including phenoxy) is 1. The van der Waals surface area contributed by atoms with E-state index in [1.165, 1.54) is 0 Å². The molecular formula is C33H38N2O3. The van der Waals surface area contributed by atoms with E-state index in [0.717, 1.165) is 47.7 Å². The highest BCUT2D eigenvalue weighted by Gasteiger charge is 2.36. The molecule has 0 spiro atoms. The number of ketones is 2. The minimum absolute atomic E-state index is 0.00425. The first-order valence-corrected chi connectivity index (χ1v) is 13.8. The third-order valence-electron chi connectivity index (χ3n) is 8.22. The molecule has 38 heavy (non-hydrogen) atoms. The molecule has 1 saturated heterocycles. The number of carbonyl (C=O) groups is 2. The van der Waals surface area contributed by atoms with Gasteiger partial charge in [-0.2, -0.15) is 0 Å². The van der Waals surface area contributed by atoms with Crippen LogP contribution in [-0.4, -0.2) is 52.9 Å². The molecule has 1 aromatic heterocycles. The van der Waals surface area contributed by atoms with Gasteiger partial charge in [0.05, 0.1) is 12.1 Å². The van der Waals surface area contributed by atoms with Gasteiger partial charge < -0.3 is 9.30 Å². The Balaban J connectivity index is 1.58. The summed E-state index contributed by atoms with van der Waals surface area (Å²) in [6.07, 6.45) is 2.25. The van der Waals surface area contributed by atoms with Crippen LogP contribution in [0.3, 0.4) is 0 Å². The Labute approximate surface area is 225 Å². The van der Waals surface area contributed by atoms with Gasteiger partial charge in [0.25, 0.3) is 0 Å². The van der Waals surface area contributed by atoms with Crippen molar-refractivity contribution in [3.05, 3.63) is 83.4 Å². The molecule has 3 aromatic carbocycles. The molecule has 0 bridgehead atoms. The predicted molar refractivity (Wildman–Crippen MR) is 154 cm³/mol. The number of hydrogen-bond acceptors (Lipinski definition) is 4. The normalized spacial score (nSPS) is 15.4. The zero-order chi connectivity index (χ0) is 26.9. The van der Waals surface area contributed by atoms with Crippen molar-refractivity contribution >= 4 is 33.4 Å². The number of Topliss-reactive ketones (excluding diaryl/α,β-unsaturated/α-hetero) is 1. The van der Waals surface area contributed by atoms with E-state index >= 15 is 0 Å². The summed E-state index contributed by atoms with van der Waals surface area (Å²) < 4.78 is 7.91. The van der Waals surface area contributed by atoms with Crippen LogP contribution in [0.1, 0.15) is 66.8 Å². The third kappa shape index (κ3) is 4.93. The second-order valence-electron chi connectivity index (χ2n) is 11.1. The van der Waals surface area contributed by atoms with Crippen LogP contribution in [0.25, 0.3) is 21.8 Å². The van der Waals surface area contributed by atoms with Crippen LogP contribution in [0.2, 0.25) is 0 Å². The van der Waals surface area contributed by atoms with E-state index in [-0.39, 0.29) is 11.6 Å². The molecule has 0 radical (unpaired) electrons. The van der Waals surface area contributed by atoms with Gasteiger partial charge in [-0.3, -0.25) is 14.5 Å². The number of fused-ring (bicyclic) bond motifs is 3. The second kappa shape index (κ2) is 10.8. The molecule has 5 nitrogen and oxygen atoms in total. The summed E-state index contributed by atoms with van der Waals surface area (Å²) in [5, 5.41) is 1.98. The summed E-state index contributed by atoms with van der Waals surface area (Å²) >= 11 is 0. The highest BCUT2D eigenvalue weighted by Crippen LogP contribution is 2.33. The fourth-order valence-electron chi connectivity index (χ4n) is 5.75. The van der Waals surface area contributed by atoms with Crippen molar-refractivity contribution in [2.24, 2.45) is 5.92 Å². The smallest absolute Gasteiger partial charge is 0.193 e. The minimum atomic E-state index is -0.574. The Morgan fingerprint density at radius 1 is 0.868 bits per heavy atom. The maximum atomic E-state index is 13.9. The predicted octanol–water partition coefficient (Wildman–Crippen LogP) is 6.76. The fourth-order valence-corrected chi connectivity index (χ4v) is 5.75. The van der Waals surface area contributed by atoms with Crippen molar-refractivity contribution in [2.45, 2.75) is 52.6 Å². The summed E-state index contributed by atoms with van der Waals surface area (Å²) in [6.45, 7) is 12.2. The fraction of sp³-hybridized carbons (Fsp3) is 0.394. The topological polar surface area (TPSA) is 51.5 Å². The van der Waals surface area contributed by atoms with Gasteiger partial charge in [-0.15, -0.1) is 0 Å². The molecule has 0 N–H and O–H groups in total. The Bertz CT molecular complexity index is 1460. The number of benzene rings is 3. The highest BCUT2D eigenvalue weighted by molar-refractivity contribution is 6.16. The summed E-state index contributed by atoms with van der Waals surface area (Å²) in [7, 11) is 0. The average molecular weight is 511 g/mol. The van der Waals surface area contributed by atoms with Crippen molar-refractivity contribution in [3.8, 4) is 0 Å². The van der Waals surface area contributed by atoms with Crippen LogP contribution in [0.4, 0.5) is 0 Å². The first-order valence-electron chi connectivity index (χ1n) is 13.8. The van der Waals surface area contributed by atoms with Gasteiger partial charge in [-0.1, -0.05) is 37.3 Å². The van der Waals surface area contributed by atoms with Crippen molar-refractivity contribution in [1.82, 2.24) is 9.47 Å². The van der Waals surface area contributed by atoms with Crippen LogP contribution >= 0.6 is 0 Å². The summed E-state index contributed by atoms with van der Waals surface area (Å²) in [6, 6.07) is 21.3. The van der Waals surface area contributed by atoms with E-state index in [9.17, 15) is 9.59 Å². The monoisotopic (exact) mass is 510 g/mol. The molecule has 198 valence electrons. The lowest BCUT2D eigenvalue weighted by Gasteiger charge is -2.41. The number of rotatable bonds is 9. The molecule has 0 unspecified atom stereocenters. The van der Waals surface area contributed by atoms with Crippen molar-refractivity contribution < 1.29 is 14.3 Å². The molecule has 0 saturated carbocycles. The Hall–Kier alpha value is -3.28. The number of hydrogen-bond donors (Lipinski definition) is 0. The minimum Gasteiger partial charge on any atom is -0.380 e. The zero-order valence-corrected chi connectivity index (χ0v) is 23.0. The van der Waals surface area contributed by atoms with Crippen LogP contribution in [0.15, 0.2) is 66.7 Å². The largest absolute Gasteiger partial charge is 0.380 e. The lowest BCUT2D eigenvalue weighted by atomic mass is 9.87. The molecule has 0 atom stereocenters. The van der Waals surface area contributed by atoms with E-state index < -0.39 is 5.54 Å². The van der Waals surface area contributed by atoms with E-state index in [4.69, 9.17) is 4.74 Å². The lowest BCUT2D eigenvalue weighted by molar-refractivity contribution is 0.0524. The average Bonchev–Trinajstić information content (AvgIpc) is 3.25. The van der Waals surface area contributed by atoms with Gasteiger partial charge in [0.2, 0.25) is 0 Å². The quantitative estimate of drug-likeness (QED) is 0.184.